The van der Waals surface area contributed by atoms with Crippen molar-refractivity contribution < 1.29 is 29.0 Å². The molecule has 2 aromatic carbocycles. The molecule has 1 aromatic heterocycles. The van der Waals surface area contributed by atoms with E-state index in [-0.39, 0.29) is 30.2 Å². The molecule has 0 saturated heterocycles. The lowest BCUT2D eigenvalue weighted by Crippen LogP contribution is -2.34. The van der Waals surface area contributed by atoms with Gasteiger partial charge in [0, 0.05) is 34.1 Å². The minimum absolute atomic E-state index is 0.0475. The quantitative estimate of drug-likeness (QED) is 0.493. The molecule has 0 aliphatic rings. The number of carbonyl (C=O) groups is 3. The van der Waals surface area contributed by atoms with E-state index in [0.717, 1.165) is 0 Å². The van der Waals surface area contributed by atoms with Crippen LogP contribution in [0.4, 0.5) is 4.39 Å². The van der Waals surface area contributed by atoms with Gasteiger partial charge in [0.15, 0.2) is 11.6 Å². The Morgan fingerprint density at radius 2 is 1.81 bits per heavy atom. The Morgan fingerprint density at radius 3 is 2.44 bits per heavy atom. The largest absolute Gasteiger partial charge is 0.505 e. The summed E-state index contributed by atoms with van der Waals surface area (Å²) in [6, 6.07) is 8.33. The van der Waals surface area contributed by atoms with Crippen molar-refractivity contribution in [2.24, 2.45) is 0 Å². The summed E-state index contributed by atoms with van der Waals surface area (Å²) < 4.78 is 16.2. The van der Waals surface area contributed by atoms with Crippen LogP contribution in [0.25, 0.3) is 10.9 Å². The van der Waals surface area contributed by atoms with Crippen molar-refractivity contribution in [1.29, 1.82) is 0 Å². The van der Waals surface area contributed by atoms with Crippen LogP contribution in [0.1, 0.15) is 41.4 Å². The average molecular weight is 461 g/mol. The minimum Gasteiger partial charge on any atom is -0.505 e. The fourth-order valence-corrected chi connectivity index (χ4v) is 3.84. The number of carboxylic acid groups (broad SMARTS) is 1. The van der Waals surface area contributed by atoms with E-state index in [9.17, 15) is 23.9 Å². The number of aryl methyl sites for hydroxylation is 1. The Labute approximate surface area is 188 Å². The lowest BCUT2D eigenvalue weighted by Gasteiger charge is -2.11. The zero-order chi connectivity index (χ0) is 23.6. The highest BCUT2D eigenvalue weighted by Gasteiger charge is 2.24. The molecule has 0 saturated carbocycles. The van der Waals surface area contributed by atoms with Gasteiger partial charge >= 0.3 is 5.97 Å². The molecule has 168 valence electrons. The lowest BCUT2D eigenvalue weighted by molar-refractivity contribution is -0.137. The number of nitrogens with one attached hydrogen (secondary N) is 1. The Hall–Kier alpha value is -3.39. The standard InChI is InChI=1S/C23H22ClFN2O5/c1-12(11-20(30)31)26-19(29)10-7-16-13(2)27(17-8-9-18(28)22(25)21(16)17)23(32)14-3-5-15(24)6-4-14/h3-6,8-9,12,28H,7,10-11H2,1-2H3,(H,26,29)(H,30,31)/t12-/m0/s1. The molecule has 32 heavy (non-hydrogen) atoms. The van der Waals surface area contributed by atoms with Gasteiger partial charge in [-0.05, 0) is 62.2 Å². The molecule has 0 aliphatic carbocycles. The number of fused-ring (bicyclic) bond motifs is 1. The van der Waals surface area contributed by atoms with Crippen LogP contribution in [0.5, 0.6) is 5.75 Å². The molecule has 0 aliphatic heterocycles. The number of phenolic OH excluding ortho intramolecular Hbond substituents is 1. The molecular weight excluding hydrogens is 439 g/mol. The van der Waals surface area contributed by atoms with Gasteiger partial charge in [-0.25, -0.2) is 4.39 Å². The van der Waals surface area contributed by atoms with Gasteiger partial charge in [0.2, 0.25) is 5.91 Å². The van der Waals surface area contributed by atoms with Crippen LogP contribution >= 0.6 is 11.6 Å². The van der Waals surface area contributed by atoms with Gasteiger partial charge in [0.1, 0.15) is 0 Å². The van der Waals surface area contributed by atoms with E-state index in [1.807, 2.05) is 0 Å². The number of aliphatic carboxylic acids is 1. The zero-order valence-corrected chi connectivity index (χ0v) is 18.2. The summed E-state index contributed by atoms with van der Waals surface area (Å²) in [5.74, 6) is -3.27. The topological polar surface area (TPSA) is 109 Å². The molecule has 0 spiro atoms. The summed E-state index contributed by atoms with van der Waals surface area (Å²) in [4.78, 5) is 36.2. The SMILES string of the molecule is Cc1c(CCC(=O)N[C@@H](C)CC(=O)O)c2c(F)c(O)ccc2n1C(=O)c1ccc(Cl)cc1. The molecule has 0 unspecified atom stereocenters. The number of carboxylic acids is 1. The second kappa shape index (κ2) is 9.40. The second-order valence-corrected chi connectivity index (χ2v) is 8.01. The number of phenols is 1. The van der Waals surface area contributed by atoms with Crippen LogP contribution in [0.3, 0.4) is 0 Å². The van der Waals surface area contributed by atoms with Gasteiger partial charge in [0.25, 0.3) is 5.91 Å². The fraction of sp³-hybridized carbons (Fsp3) is 0.261. The van der Waals surface area contributed by atoms with Gasteiger partial charge in [0.05, 0.1) is 11.9 Å². The zero-order valence-electron chi connectivity index (χ0n) is 17.5. The number of benzene rings is 2. The number of aromatic nitrogens is 1. The molecule has 3 N–H and O–H groups in total. The van der Waals surface area contributed by atoms with Gasteiger partial charge in [-0.1, -0.05) is 11.6 Å². The average Bonchev–Trinajstić information content (AvgIpc) is 3.00. The number of carbonyl (C=O) groups excluding carboxylic acids is 2. The normalized spacial score (nSPS) is 12.0. The lowest BCUT2D eigenvalue weighted by atomic mass is 10.0. The third-order valence-electron chi connectivity index (χ3n) is 5.20. The summed E-state index contributed by atoms with van der Waals surface area (Å²) >= 11 is 5.90. The van der Waals surface area contributed by atoms with Crippen molar-refractivity contribution in [3.8, 4) is 5.75 Å². The van der Waals surface area contributed by atoms with E-state index in [4.69, 9.17) is 16.7 Å². The number of aromatic hydroxyl groups is 1. The first-order valence-corrected chi connectivity index (χ1v) is 10.3. The van der Waals surface area contributed by atoms with Crippen molar-refractivity contribution in [2.45, 2.75) is 39.2 Å². The maximum atomic E-state index is 14.9. The summed E-state index contributed by atoms with van der Waals surface area (Å²) in [5.41, 5.74) is 1.47. The Bertz CT molecular complexity index is 1200. The Balaban J connectivity index is 1.98. The predicted octanol–water partition coefficient (Wildman–Crippen LogP) is 4.05. The van der Waals surface area contributed by atoms with Crippen LogP contribution in [0, 0.1) is 12.7 Å². The summed E-state index contributed by atoms with van der Waals surface area (Å²) in [6.07, 6.45) is -0.175. The number of hydrogen-bond donors (Lipinski definition) is 3. The summed E-state index contributed by atoms with van der Waals surface area (Å²) in [5, 5.41) is 21.8. The van der Waals surface area contributed by atoms with Gasteiger partial charge < -0.3 is 15.5 Å². The number of rotatable bonds is 7. The molecule has 9 heteroatoms. The summed E-state index contributed by atoms with van der Waals surface area (Å²) in [6.45, 7) is 3.22. The van der Waals surface area contributed by atoms with E-state index < -0.39 is 35.4 Å². The molecule has 0 bridgehead atoms. The van der Waals surface area contributed by atoms with Gasteiger partial charge in [-0.2, -0.15) is 0 Å². The van der Waals surface area contributed by atoms with Crippen molar-refractivity contribution in [2.75, 3.05) is 0 Å². The van der Waals surface area contributed by atoms with E-state index in [1.165, 1.54) is 16.7 Å². The predicted molar refractivity (Wildman–Crippen MR) is 118 cm³/mol. The van der Waals surface area contributed by atoms with Crippen LogP contribution in [-0.4, -0.2) is 38.6 Å². The summed E-state index contributed by atoms with van der Waals surface area (Å²) in [7, 11) is 0. The maximum Gasteiger partial charge on any atom is 0.305 e. The van der Waals surface area contributed by atoms with Crippen molar-refractivity contribution >= 4 is 40.3 Å². The van der Waals surface area contributed by atoms with Gasteiger partial charge in [-0.3, -0.25) is 19.0 Å². The monoisotopic (exact) mass is 460 g/mol. The fourth-order valence-electron chi connectivity index (χ4n) is 3.71. The molecule has 3 aromatic rings. The first kappa shape index (κ1) is 23.3. The van der Waals surface area contributed by atoms with Crippen LogP contribution in [0.15, 0.2) is 36.4 Å². The Morgan fingerprint density at radius 1 is 1.16 bits per heavy atom. The van der Waals surface area contributed by atoms with E-state index in [0.29, 0.717) is 21.8 Å². The van der Waals surface area contributed by atoms with Crippen molar-refractivity contribution in [3.63, 3.8) is 0 Å². The molecule has 3 rings (SSSR count). The number of halogens is 2. The first-order valence-electron chi connectivity index (χ1n) is 9.93. The molecule has 0 radical (unpaired) electrons. The van der Waals surface area contributed by atoms with Crippen molar-refractivity contribution in [1.82, 2.24) is 9.88 Å². The molecule has 1 atom stereocenters. The highest BCUT2D eigenvalue weighted by molar-refractivity contribution is 6.30. The smallest absolute Gasteiger partial charge is 0.305 e. The van der Waals surface area contributed by atoms with Crippen molar-refractivity contribution in [3.05, 3.63) is 64.1 Å². The molecule has 0 fully saturated rings. The maximum absolute atomic E-state index is 14.9. The molecule has 1 amide bonds. The van der Waals surface area contributed by atoms with E-state index >= 15 is 0 Å². The Kier molecular flexibility index (Phi) is 6.84. The molecular formula is C23H22ClFN2O5. The third-order valence-corrected chi connectivity index (χ3v) is 5.45. The number of nitrogens with zero attached hydrogens (tertiary/aromatic N) is 1. The minimum atomic E-state index is -1.03. The molecule has 7 nitrogen and oxygen atoms in total. The van der Waals surface area contributed by atoms with Gasteiger partial charge in [-0.15, -0.1) is 0 Å². The second-order valence-electron chi connectivity index (χ2n) is 7.57. The number of hydrogen-bond acceptors (Lipinski definition) is 4. The highest BCUT2D eigenvalue weighted by Crippen LogP contribution is 2.34. The highest BCUT2D eigenvalue weighted by atomic mass is 35.5. The van der Waals surface area contributed by atoms with Crippen LogP contribution in [0.2, 0.25) is 5.02 Å². The van der Waals surface area contributed by atoms with Crippen LogP contribution < -0.4 is 5.32 Å². The molecule has 1 heterocycles. The van der Waals surface area contributed by atoms with Crippen LogP contribution in [-0.2, 0) is 16.0 Å². The first-order chi connectivity index (χ1) is 15.1. The van der Waals surface area contributed by atoms with E-state index in [2.05, 4.69) is 5.32 Å². The van der Waals surface area contributed by atoms with E-state index in [1.54, 1.807) is 38.1 Å². The number of amides is 1. The third kappa shape index (κ3) is 4.75.